The molecule has 1 atom stereocenters. The molecule has 2 aromatic heterocycles. The molecular formula is C20H22N4O. The molecule has 4 rings (SSSR count). The molecular weight excluding hydrogens is 312 g/mol. The quantitative estimate of drug-likeness (QED) is 0.767. The Balaban J connectivity index is 1.60. The molecule has 1 fully saturated rings. The summed E-state index contributed by atoms with van der Waals surface area (Å²) in [4.78, 5) is 11.4. The van der Waals surface area contributed by atoms with Crippen molar-refractivity contribution in [3.8, 4) is 0 Å². The average molecular weight is 334 g/mol. The Bertz CT molecular complexity index is 896. The van der Waals surface area contributed by atoms with E-state index in [9.17, 15) is 5.11 Å². The molecule has 0 aliphatic carbocycles. The summed E-state index contributed by atoms with van der Waals surface area (Å²) in [5.74, 6) is 0.773. The van der Waals surface area contributed by atoms with Crippen molar-refractivity contribution < 1.29 is 5.11 Å². The van der Waals surface area contributed by atoms with E-state index < -0.39 is 0 Å². The molecule has 0 spiro atoms. The predicted molar refractivity (Wildman–Crippen MR) is 99.9 cm³/mol. The van der Waals surface area contributed by atoms with Crippen LogP contribution in [0.5, 0.6) is 0 Å². The number of pyridine rings is 2. The Labute approximate surface area is 147 Å². The van der Waals surface area contributed by atoms with Crippen molar-refractivity contribution in [2.75, 3.05) is 18.4 Å². The number of nitrogens with one attached hydrogen (secondary N) is 1. The summed E-state index contributed by atoms with van der Waals surface area (Å²) in [6.07, 6.45) is 4.39. The van der Waals surface area contributed by atoms with Crippen LogP contribution in [-0.2, 0) is 6.54 Å². The summed E-state index contributed by atoms with van der Waals surface area (Å²) < 4.78 is 0. The molecule has 0 bridgehead atoms. The molecule has 0 amide bonds. The Morgan fingerprint density at radius 2 is 2.12 bits per heavy atom. The smallest absolute Gasteiger partial charge is 0.156 e. The summed E-state index contributed by atoms with van der Waals surface area (Å²) in [5.41, 5.74) is 4.25. The lowest BCUT2D eigenvalue weighted by molar-refractivity contribution is 0.175. The van der Waals surface area contributed by atoms with Gasteiger partial charge in [0.15, 0.2) is 5.82 Å². The molecule has 128 valence electrons. The zero-order valence-electron chi connectivity index (χ0n) is 14.3. The summed E-state index contributed by atoms with van der Waals surface area (Å²) >= 11 is 0. The standard InChI is InChI=1S/C20H22N4O/c1-14-4-2-3-5-18(14)23-20-19-16(6-8-21-20)10-15(11-22-19)12-24-9-7-17(25)13-24/h2-6,8,10-11,17,25H,7,9,12-13H2,1H3,(H,21,23)/t17-/m1/s1. The van der Waals surface area contributed by atoms with E-state index in [4.69, 9.17) is 0 Å². The number of rotatable bonds is 4. The molecule has 3 aromatic rings. The number of nitrogens with zero attached hydrogens (tertiary/aromatic N) is 3. The first-order valence-electron chi connectivity index (χ1n) is 8.66. The summed E-state index contributed by atoms with van der Waals surface area (Å²) in [6.45, 7) is 4.58. The van der Waals surface area contributed by atoms with Gasteiger partial charge in [0, 0.05) is 43.1 Å². The van der Waals surface area contributed by atoms with Crippen molar-refractivity contribution in [1.82, 2.24) is 14.9 Å². The van der Waals surface area contributed by atoms with Gasteiger partial charge in [-0.05, 0) is 42.7 Å². The van der Waals surface area contributed by atoms with Gasteiger partial charge in [-0.2, -0.15) is 0 Å². The number of hydrogen-bond donors (Lipinski definition) is 2. The Morgan fingerprint density at radius 3 is 2.92 bits per heavy atom. The number of fused-ring (bicyclic) bond motifs is 1. The number of hydrogen-bond acceptors (Lipinski definition) is 5. The van der Waals surface area contributed by atoms with Crippen molar-refractivity contribution in [2.24, 2.45) is 0 Å². The molecule has 2 N–H and O–H groups in total. The van der Waals surface area contributed by atoms with Crippen LogP contribution in [0.15, 0.2) is 48.8 Å². The lowest BCUT2D eigenvalue weighted by Crippen LogP contribution is -2.21. The monoisotopic (exact) mass is 334 g/mol. The van der Waals surface area contributed by atoms with Gasteiger partial charge in [0.1, 0.15) is 5.52 Å². The highest BCUT2D eigenvalue weighted by molar-refractivity contribution is 5.90. The SMILES string of the molecule is Cc1ccccc1Nc1nccc2cc(CN3CC[C@@H](O)C3)cnc12. The number of para-hydroxylation sites is 1. The number of anilines is 2. The predicted octanol–water partition coefficient (Wildman–Crippen LogP) is 3.25. The molecule has 3 heterocycles. The van der Waals surface area contributed by atoms with Gasteiger partial charge in [0.25, 0.3) is 0 Å². The van der Waals surface area contributed by atoms with Crippen molar-refractivity contribution >= 4 is 22.4 Å². The molecule has 0 unspecified atom stereocenters. The van der Waals surface area contributed by atoms with Crippen LogP contribution in [0.2, 0.25) is 0 Å². The number of aromatic nitrogens is 2. The van der Waals surface area contributed by atoms with Gasteiger partial charge in [-0.15, -0.1) is 0 Å². The highest BCUT2D eigenvalue weighted by Crippen LogP contribution is 2.25. The van der Waals surface area contributed by atoms with E-state index in [0.717, 1.165) is 54.0 Å². The molecule has 0 saturated carbocycles. The fraction of sp³-hybridized carbons (Fsp3) is 0.300. The maximum Gasteiger partial charge on any atom is 0.156 e. The first-order chi connectivity index (χ1) is 12.2. The van der Waals surface area contributed by atoms with Gasteiger partial charge < -0.3 is 10.4 Å². The minimum absolute atomic E-state index is 0.192. The van der Waals surface area contributed by atoms with E-state index in [1.165, 1.54) is 5.56 Å². The van der Waals surface area contributed by atoms with Crippen LogP contribution in [0.3, 0.4) is 0 Å². The molecule has 1 aliphatic rings. The van der Waals surface area contributed by atoms with Crippen LogP contribution < -0.4 is 5.32 Å². The van der Waals surface area contributed by atoms with Gasteiger partial charge in [-0.1, -0.05) is 18.2 Å². The van der Waals surface area contributed by atoms with E-state index in [2.05, 4.69) is 39.2 Å². The molecule has 1 aromatic carbocycles. The molecule has 25 heavy (non-hydrogen) atoms. The van der Waals surface area contributed by atoms with Crippen LogP contribution in [0.4, 0.5) is 11.5 Å². The summed E-state index contributed by atoms with van der Waals surface area (Å²) in [7, 11) is 0. The number of aryl methyl sites for hydroxylation is 1. The maximum absolute atomic E-state index is 9.67. The van der Waals surface area contributed by atoms with Crippen LogP contribution in [0, 0.1) is 6.92 Å². The second-order valence-electron chi connectivity index (χ2n) is 6.69. The number of aliphatic hydroxyl groups excluding tert-OH is 1. The molecule has 1 aliphatic heterocycles. The van der Waals surface area contributed by atoms with Crippen LogP contribution >= 0.6 is 0 Å². The molecule has 1 saturated heterocycles. The molecule has 0 radical (unpaired) electrons. The van der Waals surface area contributed by atoms with Gasteiger partial charge in [-0.25, -0.2) is 4.98 Å². The topological polar surface area (TPSA) is 61.3 Å². The van der Waals surface area contributed by atoms with E-state index in [1.807, 2.05) is 36.7 Å². The van der Waals surface area contributed by atoms with Crippen molar-refractivity contribution in [1.29, 1.82) is 0 Å². The average Bonchev–Trinajstić information content (AvgIpc) is 3.02. The number of aliphatic hydroxyl groups is 1. The molecule has 5 heteroatoms. The Morgan fingerprint density at radius 1 is 1.24 bits per heavy atom. The van der Waals surface area contributed by atoms with Crippen molar-refractivity contribution in [3.63, 3.8) is 0 Å². The Kier molecular flexibility index (Phi) is 4.34. The first-order valence-corrected chi connectivity index (χ1v) is 8.66. The third-order valence-electron chi connectivity index (χ3n) is 4.71. The number of β-amino-alcohol motifs (C(OH)–C–C–N with tert-alkyl or cyclic N) is 1. The largest absolute Gasteiger partial charge is 0.392 e. The highest BCUT2D eigenvalue weighted by atomic mass is 16.3. The van der Waals surface area contributed by atoms with Crippen LogP contribution in [-0.4, -0.2) is 39.2 Å². The second kappa shape index (κ2) is 6.78. The first kappa shape index (κ1) is 16.0. The number of likely N-dealkylation sites (tertiary alicyclic amines) is 1. The fourth-order valence-electron chi connectivity index (χ4n) is 3.34. The zero-order valence-corrected chi connectivity index (χ0v) is 14.3. The maximum atomic E-state index is 9.67. The van der Waals surface area contributed by atoms with Crippen molar-refractivity contribution in [3.05, 3.63) is 59.9 Å². The van der Waals surface area contributed by atoms with Crippen LogP contribution in [0.25, 0.3) is 10.9 Å². The fourth-order valence-corrected chi connectivity index (χ4v) is 3.34. The normalized spacial score (nSPS) is 17.9. The zero-order chi connectivity index (χ0) is 17.2. The minimum atomic E-state index is -0.192. The minimum Gasteiger partial charge on any atom is -0.392 e. The van der Waals surface area contributed by atoms with Crippen molar-refractivity contribution in [2.45, 2.75) is 26.0 Å². The summed E-state index contributed by atoms with van der Waals surface area (Å²) in [6, 6.07) is 12.3. The molecule has 5 nitrogen and oxygen atoms in total. The van der Waals surface area contributed by atoms with Gasteiger partial charge in [0.05, 0.1) is 6.10 Å². The third-order valence-corrected chi connectivity index (χ3v) is 4.71. The van der Waals surface area contributed by atoms with Crippen LogP contribution in [0.1, 0.15) is 17.5 Å². The summed E-state index contributed by atoms with van der Waals surface area (Å²) in [5, 5.41) is 14.1. The van der Waals surface area contributed by atoms with E-state index >= 15 is 0 Å². The lowest BCUT2D eigenvalue weighted by atomic mass is 10.1. The van der Waals surface area contributed by atoms with E-state index in [0.29, 0.717) is 0 Å². The second-order valence-corrected chi connectivity index (χ2v) is 6.69. The number of benzene rings is 1. The van der Waals surface area contributed by atoms with E-state index in [1.54, 1.807) is 0 Å². The van der Waals surface area contributed by atoms with Gasteiger partial charge in [0.2, 0.25) is 0 Å². The van der Waals surface area contributed by atoms with Gasteiger partial charge >= 0.3 is 0 Å². The highest BCUT2D eigenvalue weighted by Gasteiger charge is 2.20. The lowest BCUT2D eigenvalue weighted by Gasteiger charge is -2.15. The van der Waals surface area contributed by atoms with Gasteiger partial charge in [-0.3, -0.25) is 9.88 Å². The third kappa shape index (κ3) is 3.48. The Hall–Kier alpha value is -2.50. The van der Waals surface area contributed by atoms with E-state index in [-0.39, 0.29) is 6.10 Å².